The normalized spacial score (nSPS) is 10.2. The van der Waals surface area contributed by atoms with Crippen molar-refractivity contribution in [2.24, 2.45) is 0 Å². The van der Waals surface area contributed by atoms with E-state index in [-0.39, 0.29) is 5.56 Å². The van der Waals surface area contributed by atoms with Crippen LogP contribution in [0.5, 0.6) is 0 Å². The summed E-state index contributed by atoms with van der Waals surface area (Å²) in [4.78, 5) is 35.8. The van der Waals surface area contributed by atoms with Crippen molar-refractivity contribution in [1.82, 2.24) is 5.32 Å². The molecule has 0 aliphatic rings. The monoisotopic (exact) mass is 333 g/mol. The van der Waals surface area contributed by atoms with Gasteiger partial charge in [0.05, 0.1) is 0 Å². The van der Waals surface area contributed by atoms with Crippen LogP contribution in [-0.2, 0) is 9.59 Å². The van der Waals surface area contributed by atoms with Crippen LogP contribution in [0.3, 0.4) is 0 Å². The van der Waals surface area contributed by atoms with Gasteiger partial charge in [0, 0.05) is 16.9 Å². The fourth-order valence-electron chi connectivity index (χ4n) is 2.32. The Bertz CT molecular complexity index is 965. The standard InChI is InChI=1S/C19H15N3O3/c20-15-8-5-13(6-9-15)17(23)22-19(25)18(24)21-16-10-7-12-3-1-2-4-14(12)11-16/h1-11H,20H2,(H,21,24)(H,22,23,25). The molecule has 25 heavy (non-hydrogen) atoms. The smallest absolute Gasteiger partial charge is 0.316 e. The van der Waals surface area contributed by atoms with E-state index < -0.39 is 17.7 Å². The second kappa shape index (κ2) is 6.84. The third-order valence-electron chi connectivity index (χ3n) is 3.61. The Morgan fingerprint density at radius 1 is 0.760 bits per heavy atom. The SMILES string of the molecule is Nc1ccc(C(=O)NC(=O)C(=O)Nc2ccc3ccccc3c2)cc1. The Morgan fingerprint density at radius 3 is 2.16 bits per heavy atom. The van der Waals surface area contributed by atoms with E-state index in [1.165, 1.54) is 24.3 Å². The van der Waals surface area contributed by atoms with Crippen LogP contribution in [-0.4, -0.2) is 17.7 Å². The van der Waals surface area contributed by atoms with E-state index in [0.29, 0.717) is 11.4 Å². The van der Waals surface area contributed by atoms with Gasteiger partial charge in [-0.3, -0.25) is 19.7 Å². The zero-order valence-corrected chi connectivity index (χ0v) is 13.2. The Kier molecular flexibility index (Phi) is 4.43. The molecule has 0 atom stereocenters. The van der Waals surface area contributed by atoms with Gasteiger partial charge in [0.2, 0.25) is 0 Å². The number of hydrogen-bond acceptors (Lipinski definition) is 4. The molecule has 0 spiro atoms. The molecule has 3 aromatic rings. The number of anilines is 2. The number of carbonyl (C=O) groups excluding carboxylic acids is 3. The number of carbonyl (C=O) groups is 3. The zero-order valence-electron chi connectivity index (χ0n) is 13.2. The summed E-state index contributed by atoms with van der Waals surface area (Å²) in [6.45, 7) is 0. The van der Waals surface area contributed by atoms with Crippen molar-refractivity contribution in [1.29, 1.82) is 0 Å². The van der Waals surface area contributed by atoms with Crippen LogP contribution in [0, 0.1) is 0 Å². The minimum atomic E-state index is -1.03. The summed E-state index contributed by atoms with van der Waals surface area (Å²) in [7, 11) is 0. The maximum atomic E-state index is 12.0. The van der Waals surface area contributed by atoms with Crippen molar-refractivity contribution < 1.29 is 14.4 Å². The molecule has 3 rings (SSSR count). The lowest BCUT2D eigenvalue weighted by molar-refractivity contribution is -0.135. The molecular formula is C19H15N3O3. The maximum absolute atomic E-state index is 12.0. The Hall–Kier alpha value is -3.67. The quantitative estimate of drug-likeness (QED) is 0.495. The number of hydrogen-bond donors (Lipinski definition) is 3. The van der Waals surface area contributed by atoms with Crippen molar-refractivity contribution in [3.8, 4) is 0 Å². The summed E-state index contributed by atoms with van der Waals surface area (Å²) in [6.07, 6.45) is 0. The summed E-state index contributed by atoms with van der Waals surface area (Å²) < 4.78 is 0. The third kappa shape index (κ3) is 3.81. The molecule has 4 N–H and O–H groups in total. The fourth-order valence-corrected chi connectivity index (χ4v) is 2.32. The number of fused-ring (bicyclic) bond motifs is 1. The van der Waals surface area contributed by atoms with E-state index in [4.69, 9.17) is 5.73 Å². The molecule has 0 aromatic heterocycles. The second-order valence-electron chi connectivity index (χ2n) is 5.42. The predicted molar refractivity (Wildman–Crippen MR) is 95.9 cm³/mol. The van der Waals surface area contributed by atoms with Gasteiger partial charge in [-0.1, -0.05) is 30.3 Å². The van der Waals surface area contributed by atoms with Gasteiger partial charge in [0.15, 0.2) is 0 Å². The highest BCUT2D eigenvalue weighted by Gasteiger charge is 2.18. The minimum Gasteiger partial charge on any atom is -0.399 e. The van der Waals surface area contributed by atoms with E-state index in [0.717, 1.165) is 10.8 Å². The molecular weight excluding hydrogens is 318 g/mol. The summed E-state index contributed by atoms with van der Waals surface area (Å²) in [5.41, 5.74) is 6.74. The van der Waals surface area contributed by atoms with Crippen LogP contribution in [0.1, 0.15) is 10.4 Å². The van der Waals surface area contributed by atoms with E-state index in [1.807, 2.05) is 35.6 Å². The molecule has 6 nitrogen and oxygen atoms in total. The van der Waals surface area contributed by atoms with Gasteiger partial charge in [-0.2, -0.15) is 0 Å². The van der Waals surface area contributed by atoms with Crippen LogP contribution in [0.2, 0.25) is 0 Å². The lowest BCUT2D eigenvalue weighted by Gasteiger charge is -2.07. The minimum absolute atomic E-state index is 0.237. The summed E-state index contributed by atoms with van der Waals surface area (Å²) in [6, 6.07) is 18.9. The highest BCUT2D eigenvalue weighted by atomic mass is 16.2. The molecule has 0 radical (unpaired) electrons. The molecule has 3 amide bonds. The second-order valence-corrected chi connectivity index (χ2v) is 5.42. The fraction of sp³-hybridized carbons (Fsp3) is 0. The van der Waals surface area contributed by atoms with Crippen LogP contribution in [0.4, 0.5) is 11.4 Å². The van der Waals surface area contributed by atoms with Gasteiger partial charge in [-0.05, 0) is 47.2 Å². The summed E-state index contributed by atoms with van der Waals surface area (Å²) >= 11 is 0. The lowest BCUT2D eigenvalue weighted by Crippen LogP contribution is -2.39. The molecule has 3 aromatic carbocycles. The van der Waals surface area contributed by atoms with Crippen molar-refractivity contribution in [3.05, 3.63) is 72.3 Å². The Labute approximate surface area is 143 Å². The number of nitrogen functional groups attached to an aromatic ring is 1. The zero-order chi connectivity index (χ0) is 17.8. The van der Waals surface area contributed by atoms with Gasteiger partial charge < -0.3 is 11.1 Å². The van der Waals surface area contributed by atoms with Crippen LogP contribution in [0.15, 0.2) is 66.7 Å². The first-order valence-corrected chi connectivity index (χ1v) is 7.54. The predicted octanol–water partition coefficient (Wildman–Crippen LogP) is 2.32. The first kappa shape index (κ1) is 16.2. The van der Waals surface area contributed by atoms with Crippen molar-refractivity contribution in [2.75, 3.05) is 11.1 Å². The van der Waals surface area contributed by atoms with Crippen LogP contribution < -0.4 is 16.4 Å². The van der Waals surface area contributed by atoms with Gasteiger partial charge >= 0.3 is 11.8 Å². The molecule has 0 saturated carbocycles. The average molecular weight is 333 g/mol. The molecule has 0 unspecified atom stereocenters. The van der Waals surface area contributed by atoms with Crippen LogP contribution in [0.25, 0.3) is 10.8 Å². The number of benzene rings is 3. The van der Waals surface area contributed by atoms with Crippen molar-refractivity contribution in [3.63, 3.8) is 0 Å². The van der Waals surface area contributed by atoms with E-state index >= 15 is 0 Å². The molecule has 124 valence electrons. The first-order chi connectivity index (χ1) is 12.0. The number of nitrogens with two attached hydrogens (primary N) is 1. The maximum Gasteiger partial charge on any atom is 0.316 e. The topological polar surface area (TPSA) is 101 Å². The van der Waals surface area contributed by atoms with E-state index in [1.54, 1.807) is 12.1 Å². The van der Waals surface area contributed by atoms with Crippen LogP contribution >= 0.6 is 0 Å². The summed E-state index contributed by atoms with van der Waals surface area (Å²) in [5, 5.41) is 6.47. The molecule has 0 bridgehead atoms. The van der Waals surface area contributed by atoms with Gasteiger partial charge in [0.25, 0.3) is 5.91 Å². The van der Waals surface area contributed by atoms with Crippen molar-refractivity contribution >= 4 is 39.9 Å². The Balaban J connectivity index is 1.66. The number of imide groups is 1. The first-order valence-electron chi connectivity index (χ1n) is 7.54. The molecule has 0 aliphatic carbocycles. The van der Waals surface area contributed by atoms with Gasteiger partial charge in [-0.25, -0.2) is 0 Å². The Morgan fingerprint density at radius 2 is 1.44 bits per heavy atom. The van der Waals surface area contributed by atoms with E-state index in [9.17, 15) is 14.4 Å². The highest BCUT2D eigenvalue weighted by Crippen LogP contribution is 2.18. The number of amides is 3. The largest absolute Gasteiger partial charge is 0.399 e. The van der Waals surface area contributed by atoms with E-state index in [2.05, 4.69) is 5.32 Å². The third-order valence-corrected chi connectivity index (χ3v) is 3.61. The molecule has 0 aliphatic heterocycles. The molecule has 0 fully saturated rings. The van der Waals surface area contributed by atoms with Gasteiger partial charge in [-0.15, -0.1) is 0 Å². The lowest BCUT2D eigenvalue weighted by atomic mass is 10.1. The highest BCUT2D eigenvalue weighted by molar-refractivity contribution is 6.42. The average Bonchev–Trinajstić information content (AvgIpc) is 2.62. The number of rotatable bonds is 2. The molecule has 0 saturated heterocycles. The molecule has 0 heterocycles. The molecule has 6 heteroatoms. The summed E-state index contributed by atoms with van der Waals surface area (Å²) in [5.74, 6) is -2.62. The van der Waals surface area contributed by atoms with Crippen molar-refractivity contribution in [2.45, 2.75) is 0 Å². The number of nitrogens with one attached hydrogen (secondary N) is 2. The van der Waals surface area contributed by atoms with Gasteiger partial charge in [0.1, 0.15) is 0 Å².